The van der Waals surface area contributed by atoms with Crippen LogP contribution >= 0.6 is 0 Å². The van der Waals surface area contributed by atoms with Gasteiger partial charge >= 0.3 is 13.2 Å². The number of likely N-dealkylation sites (tertiary alicyclic amines) is 2. The minimum absolute atomic E-state index is 0.134. The Bertz CT molecular complexity index is 1060. The van der Waals surface area contributed by atoms with E-state index in [1.165, 1.54) is 11.0 Å². The quantitative estimate of drug-likeness (QED) is 0.234. The number of aryl methyl sites for hydroxylation is 1. The Morgan fingerprint density at radius 2 is 2.00 bits per heavy atom. The van der Waals surface area contributed by atoms with Gasteiger partial charge in [0.25, 0.3) is 11.8 Å². The summed E-state index contributed by atoms with van der Waals surface area (Å²) in [7, 11) is -1.78. The van der Waals surface area contributed by atoms with E-state index in [1.807, 2.05) is 36.4 Å². The number of rotatable bonds is 10. The van der Waals surface area contributed by atoms with Crippen LogP contribution in [0.4, 0.5) is 13.6 Å². The molecule has 2 aliphatic heterocycles. The van der Waals surface area contributed by atoms with E-state index in [4.69, 9.17) is 4.74 Å². The van der Waals surface area contributed by atoms with Crippen LogP contribution in [-0.4, -0.2) is 88.7 Å². The SMILES string of the molecule is CC(C)(C=C(C#N)C(=O)N1CCCCC1COC(=O)N[C@@H](CCc1ccccc1)B(O)O)N1CCC(F)(F)C1. The first-order valence-corrected chi connectivity index (χ1v) is 13.3. The van der Waals surface area contributed by atoms with E-state index in [2.05, 4.69) is 5.32 Å². The zero-order valence-corrected chi connectivity index (χ0v) is 22.5. The molecule has 3 rings (SSSR count). The van der Waals surface area contributed by atoms with Crippen molar-refractivity contribution >= 4 is 19.1 Å². The number of halogens is 2. The number of piperidine rings is 1. The maximum absolute atomic E-state index is 13.8. The molecule has 0 saturated carbocycles. The Labute approximate surface area is 228 Å². The van der Waals surface area contributed by atoms with Crippen molar-refractivity contribution in [3.8, 4) is 6.07 Å². The van der Waals surface area contributed by atoms with Crippen LogP contribution in [0.15, 0.2) is 42.0 Å². The van der Waals surface area contributed by atoms with E-state index in [0.717, 1.165) is 12.0 Å². The molecule has 2 aliphatic rings. The van der Waals surface area contributed by atoms with Crippen LogP contribution in [0.25, 0.3) is 0 Å². The number of alkyl carbamates (subject to hydrolysis) is 1. The van der Waals surface area contributed by atoms with Gasteiger partial charge in [-0.15, -0.1) is 0 Å². The molecule has 0 bridgehead atoms. The monoisotopic (exact) mass is 546 g/mol. The van der Waals surface area contributed by atoms with E-state index < -0.39 is 49.1 Å². The van der Waals surface area contributed by atoms with Crippen LogP contribution in [0, 0.1) is 11.3 Å². The fraction of sp³-hybridized carbons (Fsp3) is 0.593. The normalized spacial score (nSPS) is 20.7. The molecule has 2 fully saturated rings. The lowest BCUT2D eigenvalue weighted by atomic mass is 9.76. The third-order valence-electron chi connectivity index (χ3n) is 7.38. The third kappa shape index (κ3) is 8.75. The Morgan fingerprint density at radius 1 is 1.28 bits per heavy atom. The van der Waals surface area contributed by atoms with Crippen LogP contribution in [0.5, 0.6) is 0 Å². The minimum Gasteiger partial charge on any atom is -0.447 e. The van der Waals surface area contributed by atoms with Crippen molar-refractivity contribution in [1.29, 1.82) is 5.26 Å². The van der Waals surface area contributed by atoms with Crippen LogP contribution in [0.2, 0.25) is 0 Å². The largest absolute Gasteiger partial charge is 0.475 e. The number of benzene rings is 1. The Morgan fingerprint density at radius 3 is 2.62 bits per heavy atom. The average molecular weight is 546 g/mol. The van der Waals surface area contributed by atoms with Gasteiger partial charge in [0.15, 0.2) is 0 Å². The summed E-state index contributed by atoms with van der Waals surface area (Å²) in [6.07, 6.45) is 3.19. The van der Waals surface area contributed by atoms with E-state index in [9.17, 15) is 33.7 Å². The lowest BCUT2D eigenvalue weighted by Gasteiger charge is -2.36. The Balaban J connectivity index is 1.60. The van der Waals surface area contributed by atoms with E-state index >= 15 is 0 Å². The van der Waals surface area contributed by atoms with Crippen molar-refractivity contribution in [3.05, 3.63) is 47.5 Å². The molecular weight excluding hydrogens is 509 g/mol. The zero-order valence-electron chi connectivity index (χ0n) is 22.5. The number of carbonyl (C=O) groups excluding carboxylic acids is 2. The molecule has 2 saturated heterocycles. The van der Waals surface area contributed by atoms with E-state index in [0.29, 0.717) is 25.8 Å². The van der Waals surface area contributed by atoms with E-state index in [1.54, 1.807) is 18.7 Å². The molecular formula is C27H37BF2N4O5. The molecule has 0 aliphatic carbocycles. The highest BCUT2D eigenvalue weighted by atomic mass is 19.3. The number of carbonyl (C=O) groups is 2. The fourth-order valence-electron chi connectivity index (χ4n) is 5.04. The summed E-state index contributed by atoms with van der Waals surface area (Å²) in [5.41, 5.74) is -0.0871. The van der Waals surface area contributed by atoms with Crippen molar-refractivity contribution < 1.29 is 33.2 Å². The maximum Gasteiger partial charge on any atom is 0.475 e. The van der Waals surface area contributed by atoms with Crippen molar-refractivity contribution in [2.75, 3.05) is 26.2 Å². The summed E-state index contributed by atoms with van der Waals surface area (Å²) in [6.45, 7) is 3.35. The molecule has 2 amide bonds. The van der Waals surface area contributed by atoms with Gasteiger partial charge < -0.3 is 25.0 Å². The van der Waals surface area contributed by atoms with Gasteiger partial charge in [0.2, 0.25) is 0 Å². The van der Waals surface area contributed by atoms with Crippen molar-refractivity contribution in [3.63, 3.8) is 0 Å². The molecule has 1 unspecified atom stereocenters. The lowest BCUT2D eigenvalue weighted by Crippen LogP contribution is -2.50. The number of nitriles is 1. The van der Waals surface area contributed by atoms with E-state index in [-0.39, 0.29) is 31.6 Å². The van der Waals surface area contributed by atoms with Crippen LogP contribution in [0.3, 0.4) is 0 Å². The Kier molecular flexibility index (Phi) is 10.5. The molecule has 2 atom stereocenters. The van der Waals surface area contributed by atoms with Gasteiger partial charge in [-0.3, -0.25) is 9.69 Å². The molecule has 39 heavy (non-hydrogen) atoms. The van der Waals surface area contributed by atoms with Gasteiger partial charge in [-0.25, -0.2) is 13.6 Å². The number of hydrogen-bond donors (Lipinski definition) is 3. The second kappa shape index (κ2) is 13.4. The van der Waals surface area contributed by atoms with Crippen LogP contribution in [0.1, 0.15) is 51.5 Å². The zero-order chi connectivity index (χ0) is 28.6. The van der Waals surface area contributed by atoms with Crippen molar-refractivity contribution in [2.24, 2.45) is 0 Å². The predicted octanol–water partition coefficient (Wildman–Crippen LogP) is 2.68. The number of alkyl halides is 2. The Hall–Kier alpha value is -3.01. The highest BCUT2D eigenvalue weighted by Gasteiger charge is 2.43. The van der Waals surface area contributed by atoms with Gasteiger partial charge in [-0.2, -0.15) is 5.26 Å². The molecule has 0 radical (unpaired) electrons. The smallest absolute Gasteiger partial charge is 0.447 e. The van der Waals surface area contributed by atoms with Crippen molar-refractivity contribution in [1.82, 2.24) is 15.1 Å². The second-order valence-corrected chi connectivity index (χ2v) is 10.8. The first-order valence-electron chi connectivity index (χ1n) is 13.3. The van der Waals surface area contributed by atoms with Gasteiger partial charge in [0.05, 0.1) is 18.5 Å². The van der Waals surface area contributed by atoms with Crippen LogP contribution < -0.4 is 5.32 Å². The predicted molar refractivity (Wildman–Crippen MR) is 141 cm³/mol. The number of nitrogens with zero attached hydrogens (tertiary/aromatic N) is 3. The van der Waals surface area contributed by atoms with Gasteiger partial charge in [-0.05, 0) is 57.6 Å². The molecule has 212 valence electrons. The number of amides is 2. The molecule has 2 heterocycles. The van der Waals surface area contributed by atoms with Crippen molar-refractivity contribution in [2.45, 2.75) is 75.8 Å². The minimum atomic E-state index is -2.80. The molecule has 0 aromatic heterocycles. The maximum atomic E-state index is 13.8. The number of nitrogens with one attached hydrogen (secondary N) is 1. The fourth-order valence-corrected chi connectivity index (χ4v) is 5.04. The second-order valence-electron chi connectivity index (χ2n) is 10.8. The summed E-state index contributed by atoms with van der Waals surface area (Å²) in [5, 5.41) is 31.6. The highest BCUT2D eigenvalue weighted by Crippen LogP contribution is 2.33. The van der Waals surface area contributed by atoms with Gasteiger partial charge in [0.1, 0.15) is 18.2 Å². The lowest BCUT2D eigenvalue weighted by molar-refractivity contribution is -0.131. The first kappa shape index (κ1) is 30.5. The molecule has 12 heteroatoms. The highest BCUT2D eigenvalue weighted by molar-refractivity contribution is 6.43. The molecule has 0 spiro atoms. The van der Waals surface area contributed by atoms with Gasteiger partial charge in [0, 0.05) is 25.0 Å². The van der Waals surface area contributed by atoms with Crippen LogP contribution in [-0.2, 0) is 16.0 Å². The van der Waals surface area contributed by atoms with Gasteiger partial charge in [-0.1, -0.05) is 30.3 Å². The molecule has 3 N–H and O–H groups in total. The summed E-state index contributed by atoms with van der Waals surface area (Å²) in [4.78, 5) is 28.9. The average Bonchev–Trinajstić information content (AvgIpc) is 3.29. The topological polar surface area (TPSA) is 126 Å². The summed E-state index contributed by atoms with van der Waals surface area (Å²) >= 11 is 0. The summed E-state index contributed by atoms with van der Waals surface area (Å²) < 4.78 is 32.9. The molecule has 9 nitrogen and oxygen atoms in total. The standard InChI is InChI=1S/C27H37BF2N4O5/c1-26(2,33-15-13-27(29,30)19-33)16-21(17-31)24(35)34-14-7-6-10-22(34)18-39-25(36)32-23(28(37)38)12-11-20-8-4-3-5-9-20/h3-5,8-9,16,22-23,37-38H,6-7,10-15,18-19H2,1-2H3,(H,32,36)/t22?,23-/m0/s1. The number of hydrogen-bond acceptors (Lipinski definition) is 7. The summed E-state index contributed by atoms with van der Waals surface area (Å²) in [6, 6.07) is 10.9. The summed E-state index contributed by atoms with van der Waals surface area (Å²) in [5.74, 6) is -4.28. The number of ether oxygens (including phenoxy) is 1. The molecule has 1 aromatic rings. The molecule has 1 aromatic carbocycles. The third-order valence-corrected chi connectivity index (χ3v) is 7.38. The first-order chi connectivity index (χ1) is 18.4.